The Bertz CT molecular complexity index is 2030. The Balaban J connectivity index is 1.56. The fraction of sp³-hybridized carbons (Fsp3) is 0. The lowest BCUT2D eigenvalue weighted by Gasteiger charge is -2.07. The van der Waals surface area contributed by atoms with Crippen LogP contribution in [0.5, 0.6) is 0 Å². The van der Waals surface area contributed by atoms with E-state index in [1.54, 1.807) is 11.3 Å². The molecule has 0 aliphatic heterocycles. The van der Waals surface area contributed by atoms with Crippen LogP contribution in [0.1, 0.15) is 0 Å². The Morgan fingerprint density at radius 3 is 2.06 bits per heavy atom. The lowest BCUT2D eigenvalue weighted by molar-refractivity contribution is 1.12. The maximum atomic E-state index is 5.34. The minimum atomic E-state index is 0.939. The number of fused-ring (bicyclic) bond motifs is 7. The van der Waals surface area contributed by atoms with E-state index in [9.17, 15) is 0 Å². The molecule has 4 aromatic heterocycles. The van der Waals surface area contributed by atoms with E-state index in [-0.39, 0.29) is 0 Å². The number of pyridine rings is 1. The quantitative estimate of drug-likeness (QED) is 0.260. The van der Waals surface area contributed by atoms with E-state index >= 15 is 0 Å². The van der Waals surface area contributed by atoms with Gasteiger partial charge in [-0.1, -0.05) is 78.1 Å². The van der Waals surface area contributed by atoms with Crippen LogP contribution in [-0.4, -0.2) is 19.1 Å². The summed E-state index contributed by atoms with van der Waals surface area (Å²) in [4.78, 5) is 10.3. The van der Waals surface area contributed by atoms with Crippen LogP contribution in [-0.2, 0) is 0 Å². The minimum absolute atomic E-state index is 0.939. The molecule has 8 rings (SSSR count). The van der Waals surface area contributed by atoms with Gasteiger partial charge in [0.05, 0.1) is 32.3 Å². The summed E-state index contributed by atoms with van der Waals surface area (Å²) in [5, 5.41) is 4.40. The highest BCUT2D eigenvalue weighted by Crippen LogP contribution is 2.38. The van der Waals surface area contributed by atoms with Crippen molar-refractivity contribution < 1.29 is 0 Å². The topological polar surface area (TPSA) is 35.6 Å². The number of aromatic nitrogens is 4. The number of hydrogen-bond acceptors (Lipinski definition) is 3. The van der Waals surface area contributed by atoms with Crippen molar-refractivity contribution in [2.45, 2.75) is 0 Å². The summed E-state index contributed by atoms with van der Waals surface area (Å²) >= 11 is 1.70. The van der Waals surface area contributed by atoms with Crippen molar-refractivity contribution in [2.75, 3.05) is 0 Å². The molecule has 164 valence electrons. The van der Waals surface area contributed by atoms with E-state index in [4.69, 9.17) is 9.97 Å². The van der Waals surface area contributed by atoms with Crippen molar-refractivity contribution in [3.05, 3.63) is 109 Å². The molecule has 0 radical (unpaired) electrons. The Kier molecular flexibility index (Phi) is 3.78. The molecular formula is C30H18N4S. The van der Waals surface area contributed by atoms with E-state index in [1.165, 1.54) is 10.1 Å². The zero-order valence-electron chi connectivity index (χ0n) is 18.6. The van der Waals surface area contributed by atoms with Crippen LogP contribution in [0.4, 0.5) is 0 Å². The smallest absolute Gasteiger partial charge is 0.196 e. The van der Waals surface area contributed by atoms with Crippen LogP contribution in [0.15, 0.2) is 109 Å². The normalized spacial score (nSPS) is 12.0. The molecule has 35 heavy (non-hydrogen) atoms. The van der Waals surface area contributed by atoms with Crippen molar-refractivity contribution >= 4 is 65.4 Å². The fourth-order valence-corrected chi connectivity index (χ4v) is 6.23. The third-order valence-electron chi connectivity index (χ3n) is 6.76. The number of hydrogen-bond donors (Lipinski definition) is 0. The van der Waals surface area contributed by atoms with Gasteiger partial charge in [-0.3, -0.25) is 4.57 Å². The standard InChI is InChI=1S/C30H18N4S/c1-2-10-19(11-3-1)33-25-16-8-5-13-21(25)28-26(33)18-22-20-12-4-7-15-24(20)34(29(22)32-28)30-31-23-14-6-9-17-27(23)35-30/h1-18H. The predicted molar refractivity (Wildman–Crippen MR) is 146 cm³/mol. The summed E-state index contributed by atoms with van der Waals surface area (Å²) in [5.41, 5.74) is 7.48. The second kappa shape index (κ2) is 7.01. The van der Waals surface area contributed by atoms with E-state index in [1.807, 2.05) is 6.07 Å². The second-order valence-electron chi connectivity index (χ2n) is 8.73. The maximum absolute atomic E-state index is 5.34. The number of rotatable bonds is 2. The van der Waals surface area contributed by atoms with Crippen LogP contribution < -0.4 is 0 Å². The molecule has 8 aromatic rings. The first-order valence-electron chi connectivity index (χ1n) is 11.6. The maximum Gasteiger partial charge on any atom is 0.196 e. The Labute approximate surface area is 204 Å². The molecule has 0 atom stereocenters. The zero-order valence-corrected chi connectivity index (χ0v) is 19.4. The summed E-state index contributed by atoms with van der Waals surface area (Å²) < 4.78 is 5.72. The van der Waals surface area contributed by atoms with Gasteiger partial charge in [-0.15, -0.1) is 0 Å². The molecule has 4 aromatic carbocycles. The molecule has 0 amide bonds. The molecule has 4 nitrogen and oxygen atoms in total. The van der Waals surface area contributed by atoms with Gasteiger partial charge in [-0.2, -0.15) is 0 Å². The molecule has 0 aliphatic rings. The highest BCUT2D eigenvalue weighted by atomic mass is 32.1. The zero-order chi connectivity index (χ0) is 22.9. The van der Waals surface area contributed by atoms with Gasteiger partial charge in [0.25, 0.3) is 0 Å². The number of nitrogens with zero attached hydrogens (tertiary/aromatic N) is 4. The summed E-state index contributed by atoms with van der Waals surface area (Å²) in [6.07, 6.45) is 0. The molecule has 0 bridgehead atoms. The van der Waals surface area contributed by atoms with Crippen molar-refractivity contribution in [3.63, 3.8) is 0 Å². The van der Waals surface area contributed by atoms with Crippen LogP contribution in [0.25, 0.3) is 64.9 Å². The molecular weight excluding hydrogens is 448 g/mol. The van der Waals surface area contributed by atoms with Crippen molar-refractivity contribution in [1.29, 1.82) is 0 Å². The average molecular weight is 467 g/mol. The third-order valence-corrected chi connectivity index (χ3v) is 7.78. The number of thiazole rings is 1. The van der Waals surface area contributed by atoms with Gasteiger partial charge in [0, 0.05) is 21.8 Å². The number of para-hydroxylation sites is 4. The fourth-order valence-electron chi connectivity index (χ4n) is 5.24. The van der Waals surface area contributed by atoms with Gasteiger partial charge in [-0.05, 0) is 42.5 Å². The van der Waals surface area contributed by atoms with Gasteiger partial charge in [-0.25, -0.2) is 9.97 Å². The van der Waals surface area contributed by atoms with Gasteiger partial charge in [0.1, 0.15) is 5.65 Å². The van der Waals surface area contributed by atoms with Gasteiger partial charge in [0.2, 0.25) is 0 Å². The lowest BCUT2D eigenvalue weighted by Crippen LogP contribution is -1.96. The summed E-state index contributed by atoms with van der Waals surface area (Å²) in [6.45, 7) is 0. The van der Waals surface area contributed by atoms with Crippen molar-refractivity contribution in [2.24, 2.45) is 0 Å². The first kappa shape index (κ1) is 18.9. The first-order valence-corrected chi connectivity index (χ1v) is 12.4. The van der Waals surface area contributed by atoms with E-state index in [0.29, 0.717) is 0 Å². The van der Waals surface area contributed by atoms with Crippen LogP contribution >= 0.6 is 11.3 Å². The second-order valence-corrected chi connectivity index (χ2v) is 9.74. The summed E-state index contributed by atoms with van der Waals surface area (Å²) in [5.74, 6) is 0. The van der Waals surface area contributed by atoms with E-state index < -0.39 is 0 Å². The average Bonchev–Trinajstić information content (AvgIpc) is 3.57. The molecule has 5 heteroatoms. The molecule has 0 unspecified atom stereocenters. The predicted octanol–water partition coefficient (Wildman–Crippen LogP) is 7.89. The Morgan fingerprint density at radius 1 is 0.543 bits per heavy atom. The van der Waals surface area contributed by atoms with E-state index in [2.05, 4.69) is 112 Å². The molecule has 0 saturated carbocycles. The van der Waals surface area contributed by atoms with Crippen LogP contribution in [0, 0.1) is 0 Å². The molecule has 0 spiro atoms. The SMILES string of the molecule is c1ccc(-n2c3ccccc3c3nc4c(cc32)c2ccccc2n4-c2nc3ccccc3s2)cc1. The molecule has 0 N–H and O–H groups in total. The largest absolute Gasteiger partial charge is 0.308 e. The number of benzene rings is 4. The lowest BCUT2D eigenvalue weighted by atomic mass is 10.2. The van der Waals surface area contributed by atoms with Gasteiger partial charge >= 0.3 is 0 Å². The highest BCUT2D eigenvalue weighted by molar-refractivity contribution is 7.20. The third kappa shape index (κ3) is 2.61. The van der Waals surface area contributed by atoms with Crippen molar-refractivity contribution in [3.8, 4) is 10.8 Å². The monoisotopic (exact) mass is 466 g/mol. The van der Waals surface area contributed by atoms with Crippen LogP contribution in [0.2, 0.25) is 0 Å². The summed E-state index contributed by atoms with van der Waals surface area (Å²) in [7, 11) is 0. The molecule has 0 saturated heterocycles. The Morgan fingerprint density at radius 2 is 1.23 bits per heavy atom. The molecule has 4 heterocycles. The summed E-state index contributed by atoms with van der Waals surface area (Å²) in [6, 6.07) is 38.2. The van der Waals surface area contributed by atoms with Gasteiger partial charge in [0.15, 0.2) is 5.13 Å². The van der Waals surface area contributed by atoms with Gasteiger partial charge < -0.3 is 4.57 Å². The first-order chi connectivity index (χ1) is 17.4. The highest BCUT2D eigenvalue weighted by Gasteiger charge is 2.20. The molecule has 0 fully saturated rings. The Hall–Kier alpha value is -4.48. The molecule has 0 aliphatic carbocycles. The van der Waals surface area contributed by atoms with Crippen molar-refractivity contribution in [1.82, 2.24) is 19.1 Å². The van der Waals surface area contributed by atoms with E-state index in [0.717, 1.165) is 54.8 Å². The minimum Gasteiger partial charge on any atom is -0.308 e. The van der Waals surface area contributed by atoms with Crippen LogP contribution in [0.3, 0.4) is 0 Å².